The highest BCUT2D eigenvalue weighted by Gasteiger charge is 2.43. The zero-order valence-electron chi connectivity index (χ0n) is 21.9. The van der Waals surface area contributed by atoms with E-state index in [-0.39, 0.29) is 22.0 Å². The Kier molecular flexibility index (Phi) is 7.25. The molecule has 0 saturated carbocycles. The van der Waals surface area contributed by atoms with E-state index in [1.807, 2.05) is 60.3 Å². The third-order valence-electron chi connectivity index (χ3n) is 6.89. The SMILES string of the molecule is CN1c2ccc(OCc3ccc4ccccc4n3)cc2C(SC(C)(C)C)C1C(C=O)Cc1ccccc1. The Morgan fingerprint density at radius 1 is 1.00 bits per heavy atom. The van der Waals surface area contributed by atoms with Crippen molar-refractivity contribution in [1.82, 2.24) is 4.98 Å². The van der Waals surface area contributed by atoms with Crippen LogP contribution < -0.4 is 9.64 Å². The Labute approximate surface area is 224 Å². The lowest BCUT2D eigenvalue weighted by molar-refractivity contribution is -0.111. The third-order valence-corrected chi connectivity index (χ3v) is 8.39. The van der Waals surface area contributed by atoms with Crippen molar-refractivity contribution < 1.29 is 9.53 Å². The highest BCUT2D eigenvalue weighted by molar-refractivity contribution is 8.00. The molecule has 2 heterocycles. The molecule has 1 aliphatic heterocycles. The average Bonchev–Trinajstić information content (AvgIpc) is 3.15. The summed E-state index contributed by atoms with van der Waals surface area (Å²) in [7, 11) is 2.12. The number of aldehydes is 1. The second kappa shape index (κ2) is 10.6. The summed E-state index contributed by atoms with van der Waals surface area (Å²) < 4.78 is 6.28. The van der Waals surface area contributed by atoms with Crippen LogP contribution in [0.15, 0.2) is 84.9 Å². The summed E-state index contributed by atoms with van der Waals surface area (Å²) in [6.45, 7) is 7.13. The summed E-state index contributed by atoms with van der Waals surface area (Å²) in [5, 5.41) is 1.28. The first-order chi connectivity index (χ1) is 17.8. The molecule has 190 valence electrons. The van der Waals surface area contributed by atoms with E-state index < -0.39 is 0 Å². The summed E-state index contributed by atoms with van der Waals surface area (Å²) >= 11 is 1.93. The van der Waals surface area contributed by atoms with Crippen molar-refractivity contribution >= 4 is 34.6 Å². The van der Waals surface area contributed by atoms with E-state index >= 15 is 0 Å². The molecule has 3 aromatic carbocycles. The number of carbonyl (C=O) groups excluding carboxylic acids is 1. The lowest BCUT2D eigenvalue weighted by Gasteiger charge is -2.34. The Balaban J connectivity index is 1.41. The second-order valence-corrected chi connectivity index (χ2v) is 12.7. The summed E-state index contributed by atoms with van der Waals surface area (Å²) in [4.78, 5) is 19.5. The molecule has 0 radical (unpaired) electrons. The molecule has 4 aromatic rings. The highest BCUT2D eigenvalue weighted by atomic mass is 32.2. The quantitative estimate of drug-likeness (QED) is 0.233. The number of rotatable bonds is 8. The van der Waals surface area contributed by atoms with Crippen molar-refractivity contribution in [2.45, 2.75) is 49.8 Å². The standard InChI is InChI=1S/C32H34N2O2S/c1-32(2,3)37-31-27-19-26(36-21-25-15-14-23-12-8-9-13-28(23)33-25)16-17-29(27)34(4)30(31)24(20-35)18-22-10-6-5-7-11-22/h5-17,19-20,24,30-31H,18,21H2,1-4H3. The highest BCUT2D eigenvalue weighted by Crippen LogP contribution is 2.53. The van der Waals surface area contributed by atoms with Gasteiger partial charge < -0.3 is 14.4 Å². The maximum atomic E-state index is 12.5. The van der Waals surface area contributed by atoms with Crippen LogP contribution in [0.5, 0.6) is 5.75 Å². The van der Waals surface area contributed by atoms with E-state index in [9.17, 15) is 4.79 Å². The van der Waals surface area contributed by atoms with E-state index in [4.69, 9.17) is 9.72 Å². The molecule has 0 saturated heterocycles. The first kappa shape index (κ1) is 25.3. The van der Waals surface area contributed by atoms with Crippen molar-refractivity contribution in [3.63, 3.8) is 0 Å². The monoisotopic (exact) mass is 510 g/mol. The predicted octanol–water partition coefficient (Wildman–Crippen LogP) is 7.26. The Morgan fingerprint density at radius 2 is 1.76 bits per heavy atom. The number of nitrogens with zero attached hydrogens (tertiary/aromatic N) is 2. The van der Waals surface area contributed by atoms with Crippen LogP contribution in [-0.2, 0) is 17.8 Å². The van der Waals surface area contributed by atoms with Crippen LogP contribution in [0.25, 0.3) is 10.9 Å². The van der Waals surface area contributed by atoms with Gasteiger partial charge in [-0.15, -0.1) is 11.8 Å². The Bertz CT molecular complexity index is 1380. The van der Waals surface area contributed by atoms with Gasteiger partial charge in [-0.25, -0.2) is 4.98 Å². The van der Waals surface area contributed by atoms with Crippen molar-refractivity contribution in [3.05, 3.63) is 102 Å². The van der Waals surface area contributed by atoms with Crippen LogP contribution >= 0.6 is 11.8 Å². The van der Waals surface area contributed by atoms with Gasteiger partial charge >= 0.3 is 0 Å². The number of ether oxygens (including phenoxy) is 1. The molecule has 0 bridgehead atoms. The molecular weight excluding hydrogens is 476 g/mol. The van der Waals surface area contributed by atoms with Crippen LogP contribution in [0.3, 0.4) is 0 Å². The third kappa shape index (κ3) is 5.67. The Hall–Kier alpha value is -3.31. The lowest BCUT2D eigenvalue weighted by atomic mass is 9.90. The van der Waals surface area contributed by atoms with Crippen LogP contribution in [-0.4, -0.2) is 29.1 Å². The van der Waals surface area contributed by atoms with Crippen LogP contribution in [0.4, 0.5) is 5.69 Å². The van der Waals surface area contributed by atoms with Gasteiger partial charge in [-0.1, -0.05) is 75.4 Å². The van der Waals surface area contributed by atoms with E-state index in [0.717, 1.165) is 35.1 Å². The predicted molar refractivity (Wildman–Crippen MR) is 154 cm³/mol. The summed E-state index contributed by atoms with van der Waals surface area (Å²) in [6.07, 6.45) is 1.88. The summed E-state index contributed by atoms with van der Waals surface area (Å²) in [5.41, 5.74) is 5.47. The molecule has 37 heavy (non-hydrogen) atoms. The van der Waals surface area contributed by atoms with Crippen LogP contribution in [0, 0.1) is 5.92 Å². The molecule has 1 aliphatic rings. The zero-order valence-corrected chi connectivity index (χ0v) is 22.7. The molecule has 5 rings (SSSR count). The maximum absolute atomic E-state index is 12.5. The molecule has 0 aliphatic carbocycles. The fourth-order valence-electron chi connectivity index (χ4n) is 5.23. The van der Waals surface area contributed by atoms with Crippen molar-refractivity contribution in [3.8, 4) is 5.75 Å². The lowest BCUT2D eigenvalue weighted by Crippen LogP contribution is -2.39. The molecule has 4 nitrogen and oxygen atoms in total. The van der Waals surface area contributed by atoms with Gasteiger partial charge in [0, 0.05) is 28.8 Å². The van der Waals surface area contributed by atoms with E-state index in [1.165, 1.54) is 16.8 Å². The molecule has 1 aromatic heterocycles. The first-order valence-electron chi connectivity index (χ1n) is 12.8. The number of thioether (sulfide) groups is 1. The number of anilines is 1. The van der Waals surface area contributed by atoms with Gasteiger partial charge in [-0.2, -0.15) is 0 Å². The number of pyridine rings is 1. The van der Waals surface area contributed by atoms with E-state index in [1.54, 1.807) is 0 Å². The topological polar surface area (TPSA) is 42.4 Å². The van der Waals surface area contributed by atoms with Gasteiger partial charge in [0.25, 0.3) is 0 Å². The first-order valence-corrected chi connectivity index (χ1v) is 13.7. The number of aromatic nitrogens is 1. The van der Waals surface area contributed by atoms with Crippen LogP contribution in [0.1, 0.15) is 42.8 Å². The van der Waals surface area contributed by atoms with Gasteiger partial charge in [0.05, 0.1) is 22.5 Å². The minimum atomic E-state index is -0.120. The molecule has 5 heteroatoms. The fraction of sp³-hybridized carbons (Fsp3) is 0.312. The number of hydrogen-bond donors (Lipinski definition) is 0. The minimum Gasteiger partial charge on any atom is -0.487 e. The smallest absolute Gasteiger partial charge is 0.130 e. The molecule has 0 amide bonds. The Morgan fingerprint density at radius 3 is 2.51 bits per heavy atom. The largest absolute Gasteiger partial charge is 0.487 e. The number of benzene rings is 3. The van der Waals surface area contributed by atoms with E-state index in [0.29, 0.717) is 6.61 Å². The van der Waals surface area contributed by atoms with Crippen molar-refractivity contribution in [1.29, 1.82) is 0 Å². The number of fused-ring (bicyclic) bond motifs is 2. The van der Waals surface area contributed by atoms with Gasteiger partial charge in [0.15, 0.2) is 0 Å². The minimum absolute atomic E-state index is 0.0391. The van der Waals surface area contributed by atoms with Gasteiger partial charge in [0.2, 0.25) is 0 Å². The van der Waals surface area contributed by atoms with Crippen LogP contribution in [0.2, 0.25) is 0 Å². The fourth-order valence-corrected chi connectivity index (χ4v) is 6.83. The second-order valence-electron chi connectivity index (χ2n) is 10.7. The van der Waals surface area contributed by atoms with Crippen molar-refractivity contribution in [2.24, 2.45) is 5.92 Å². The summed E-state index contributed by atoms with van der Waals surface area (Å²) in [5.74, 6) is 0.707. The molecule has 0 spiro atoms. The van der Waals surface area contributed by atoms with Crippen molar-refractivity contribution in [2.75, 3.05) is 11.9 Å². The molecule has 3 unspecified atom stereocenters. The van der Waals surface area contributed by atoms with Gasteiger partial charge in [0.1, 0.15) is 18.6 Å². The maximum Gasteiger partial charge on any atom is 0.130 e. The molecule has 0 N–H and O–H groups in total. The number of likely N-dealkylation sites (N-methyl/N-ethyl adjacent to an activating group) is 1. The average molecular weight is 511 g/mol. The summed E-state index contributed by atoms with van der Waals surface area (Å²) in [6, 6.07) is 29.0. The number of hydrogen-bond acceptors (Lipinski definition) is 5. The number of carbonyl (C=O) groups is 1. The van der Waals surface area contributed by atoms with Gasteiger partial charge in [-0.3, -0.25) is 0 Å². The van der Waals surface area contributed by atoms with Gasteiger partial charge in [-0.05, 0) is 47.9 Å². The van der Waals surface area contributed by atoms with E-state index in [2.05, 4.69) is 69.1 Å². The normalized spacial score (nSPS) is 18.0. The molecule has 3 atom stereocenters. The molecular formula is C32H34N2O2S. The number of para-hydroxylation sites is 1. The zero-order chi connectivity index (χ0) is 26.0. The molecule has 0 fully saturated rings.